The van der Waals surface area contributed by atoms with Crippen LogP contribution in [0.4, 0.5) is 5.69 Å². The van der Waals surface area contributed by atoms with Gasteiger partial charge in [-0.25, -0.2) is 0 Å². The molecule has 7 heteroatoms. The number of carbonyl (C=O) groups is 1. The number of rotatable bonds is 8. The van der Waals surface area contributed by atoms with Crippen LogP contribution < -0.4 is 10.1 Å². The van der Waals surface area contributed by atoms with Gasteiger partial charge in [-0.15, -0.1) is 0 Å². The minimum atomic E-state index is 0.151. The van der Waals surface area contributed by atoms with Crippen LogP contribution in [-0.2, 0) is 24.7 Å². The lowest BCUT2D eigenvalue weighted by atomic mass is 10.0. The van der Waals surface area contributed by atoms with Crippen LogP contribution >= 0.6 is 11.6 Å². The molecule has 0 saturated heterocycles. The summed E-state index contributed by atoms with van der Waals surface area (Å²) in [5.41, 5.74) is 5.34. The van der Waals surface area contributed by atoms with Crippen molar-refractivity contribution >= 4 is 23.1 Å². The second-order valence-corrected chi connectivity index (χ2v) is 8.31. The molecule has 168 valence electrons. The van der Waals surface area contributed by atoms with Crippen molar-refractivity contribution in [2.75, 3.05) is 12.4 Å². The molecule has 2 aromatic carbocycles. The molecule has 0 radical (unpaired) electrons. The van der Waals surface area contributed by atoms with Gasteiger partial charge in [-0.1, -0.05) is 35.9 Å². The molecule has 4 aromatic rings. The molecule has 0 amide bonds. The van der Waals surface area contributed by atoms with Crippen LogP contribution in [0.5, 0.6) is 11.5 Å². The first-order chi connectivity index (χ1) is 15.9. The number of benzene rings is 2. The van der Waals surface area contributed by atoms with Crippen molar-refractivity contribution in [3.63, 3.8) is 0 Å². The van der Waals surface area contributed by atoms with Crippen LogP contribution in [0.25, 0.3) is 11.3 Å². The molecule has 0 atom stereocenters. The molecule has 2 aromatic heterocycles. The molecule has 0 aliphatic rings. The quantitative estimate of drug-likeness (QED) is 0.369. The molecule has 0 saturated carbocycles. The maximum atomic E-state index is 12.5. The number of carbonyl (C=O) groups excluding carboxylic acids is 1. The molecule has 0 bridgehead atoms. The fourth-order valence-electron chi connectivity index (χ4n) is 3.67. The van der Waals surface area contributed by atoms with Crippen molar-refractivity contribution in [2.45, 2.75) is 19.8 Å². The van der Waals surface area contributed by atoms with Gasteiger partial charge in [-0.05, 0) is 41.8 Å². The summed E-state index contributed by atoms with van der Waals surface area (Å²) < 4.78 is 7.86. The van der Waals surface area contributed by atoms with Crippen LogP contribution in [0.1, 0.15) is 16.7 Å². The van der Waals surface area contributed by atoms with Gasteiger partial charge in [0.1, 0.15) is 22.9 Å². The predicted octanol–water partition coefficient (Wildman–Crippen LogP) is 5.63. The van der Waals surface area contributed by atoms with Crippen molar-refractivity contribution < 1.29 is 9.53 Å². The van der Waals surface area contributed by atoms with Gasteiger partial charge in [-0.2, -0.15) is 5.10 Å². The van der Waals surface area contributed by atoms with Gasteiger partial charge in [-0.3, -0.25) is 14.5 Å². The Labute approximate surface area is 198 Å². The highest BCUT2D eigenvalue weighted by Crippen LogP contribution is 2.36. The zero-order chi connectivity index (χ0) is 23.4. The third-order valence-corrected chi connectivity index (χ3v) is 5.74. The standard InChI is InChI=1S/C26H25ClN4O2/c1-17-12-19(6-9-23(17)27)14-21(32)13-18-4-7-22(8-5-18)33-24-10-11-29-25(26(24)28-2)20-15-30-31(3)16-20/h4-12,15-16,28H,13-14H2,1-3H3. The minimum Gasteiger partial charge on any atom is -0.455 e. The number of nitrogens with zero attached hydrogens (tertiary/aromatic N) is 3. The second-order valence-electron chi connectivity index (χ2n) is 7.91. The Bertz CT molecular complexity index is 1280. The largest absolute Gasteiger partial charge is 0.455 e. The van der Waals surface area contributed by atoms with Crippen LogP contribution in [0.3, 0.4) is 0 Å². The van der Waals surface area contributed by atoms with E-state index in [-0.39, 0.29) is 5.78 Å². The van der Waals surface area contributed by atoms with Crippen molar-refractivity contribution in [3.8, 4) is 22.8 Å². The molecule has 4 rings (SSSR count). The number of ether oxygens (including phenoxy) is 1. The van der Waals surface area contributed by atoms with E-state index in [9.17, 15) is 4.79 Å². The van der Waals surface area contributed by atoms with E-state index in [4.69, 9.17) is 16.3 Å². The lowest BCUT2D eigenvalue weighted by Gasteiger charge is -2.14. The normalized spacial score (nSPS) is 10.8. The molecule has 6 nitrogen and oxygen atoms in total. The maximum absolute atomic E-state index is 12.5. The Morgan fingerprint density at radius 1 is 1.09 bits per heavy atom. The zero-order valence-corrected chi connectivity index (χ0v) is 19.6. The molecule has 33 heavy (non-hydrogen) atoms. The third kappa shape index (κ3) is 5.41. The Balaban J connectivity index is 1.44. The minimum absolute atomic E-state index is 0.151. The van der Waals surface area contributed by atoms with Crippen LogP contribution in [0, 0.1) is 6.92 Å². The predicted molar refractivity (Wildman–Crippen MR) is 131 cm³/mol. The number of aromatic nitrogens is 3. The van der Waals surface area contributed by atoms with E-state index in [0.29, 0.717) is 29.4 Å². The summed E-state index contributed by atoms with van der Waals surface area (Å²) in [7, 11) is 3.70. The Morgan fingerprint density at radius 3 is 2.48 bits per heavy atom. The van der Waals surface area contributed by atoms with Crippen LogP contribution in [0.2, 0.25) is 5.02 Å². The lowest BCUT2D eigenvalue weighted by molar-refractivity contribution is -0.117. The number of aryl methyl sites for hydroxylation is 2. The number of Topliss-reactive ketones (excluding diaryl/α,β-unsaturated/α-hetero) is 1. The van der Waals surface area contributed by atoms with Gasteiger partial charge in [0.2, 0.25) is 0 Å². The van der Waals surface area contributed by atoms with Crippen molar-refractivity contribution in [2.24, 2.45) is 7.05 Å². The van der Waals surface area contributed by atoms with Gasteiger partial charge in [0.25, 0.3) is 0 Å². The third-order valence-electron chi connectivity index (χ3n) is 5.32. The molecule has 2 heterocycles. The lowest BCUT2D eigenvalue weighted by Crippen LogP contribution is -2.06. The van der Waals surface area contributed by atoms with Gasteiger partial charge >= 0.3 is 0 Å². The summed E-state index contributed by atoms with van der Waals surface area (Å²) in [6.45, 7) is 1.94. The van der Waals surface area contributed by atoms with Crippen molar-refractivity contribution in [1.29, 1.82) is 0 Å². The molecule has 0 aliphatic carbocycles. The number of halogens is 1. The van der Waals surface area contributed by atoms with E-state index < -0.39 is 0 Å². The Hall–Kier alpha value is -3.64. The molecule has 0 spiro atoms. The summed E-state index contributed by atoms with van der Waals surface area (Å²) in [4.78, 5) is 17.0. The fourth-order valence-corrected chi connectivity index (χ4v) is 3.79. The van der Waals surface area contributed by atoms with Gasteiger partial charge in [0, 0.05) is 56.0 Å². The molecular weight excluding hydrogens is 436 g/mol. The van der Waals surface area contributed by atoms with Crippen LogP contribution in [-0.4, -0.2) is 27.6 Å². The zero-order valence-electron chi connectivity index (χ0n) is 18.8. The highest BCUT2D eigenvalue weighted by molar-refractivity contribution is 6.31. The van der Waals surface area contributed by atoms with Gasteiger partial charge in [0.15, 0.2) is 5.75 Å². The average molecular weight is 461 g/mol. The number of hydrogen-bond donors (Lipinski definition) is 1. The first kappa shape index (κ1) is 22.6. The molecule has 0 aliphatic heterocycles. The topological polar surface area (TPSA) is 69.0 Å². The average Bonchev–Trinajstić information content (AvgIpc) is 3.23. The summed E-state index contributed by atoms with van der Waals surface area (Å²) in [5.74, 6) is 1.49. The highest BCUT2D eigenvalue weighted by Gasteiger charge is 2.14. The van der Waals surface area contributed by atoms with E-state index in [1.54, 1.807) is 17.1 Å². The number of anilines is 1. The second kappa shape index (κ2) is 9.88. The smallest absolute Gasteiger partial charge is 0.154 e. The first-order valence-electron chi connectivity index (χ1n) is 10.6. The Morgan fingerprint density at radius 2 is 1.82 bits per heavy atom. The SMILES string of the molecule is CNc1c(Oc2ccc(CC(=O)Cc3ccc(Cl)c(C)c3)cc2)ccnc1-c1cnn(C)c1. The number of hydrogen-bond acceptors (Lipinski definition) is 5. The summed E-state index contributed by atoms with van der Waals surface area (Å²) >= 11 is 6.07. The van der Waals surface area contributed by atoms with Crippen molar-refractivity contribution in [1.82, 2.24) is 14.8 Å². The number of ketones is 1. The monoisotopic (exact) mass is 460 g/mol. The number of pyridine rings is 1. The van der Waals surface area contributed by atoms with Crippen LogP contribution in [0.15, 0.2) is 67.1 Å². The highest BCUT2D eigenvalue weighted by atomic mass is 35.5. The summed E-state index contributed by atoms with van der Waals surface area (Å²) in [6.07, 6.45) is 6.14. The maximum Gasteiger partial charge on any atom is 0.154 e. The summed E-state index contributed by atoms with van der Waals surface area (Å²) in [6, 6.07) is 15.1. The van der Waals surface area contributed by atoms with E-state index >= 15 is 0 Å². The molecule has 1 N–H and O–H groups in total. The van der Waals surface area contributed by atoms with Gasteiger partial charge in [0.05, 0.1) is 6.20 Å². The molecule has 0 fully saturated rings. The van der Waals surface area contributed by atoms with E-state index in [0.717, 1.165) is 33.6 Å². The van der Waals surface area contributed by atoms with Gasteiger partial charge < -0.3 is 10.1 Å². The van der Waals surface area contributed by atoms with Crippen molar-refractivity contribution in [3.05, 3.63) is 88.8 Å². The molecule has 0 unspecified atom stereocenters. The summed E-state index contributed by atoms with van der Waals surface area (Å²) in [5, 5.41) is 8.12. The first-order valence-corrected chi connectivity index (χ1v) is 11.0. The fraction of sp³-hybridized carbons (Fsp3) is 0.192. The Kier molecular flexibility index (Phi) is 6.75. The van der Waals surface area contributed by atoms with E-state index in [1.807, 2.05) is 75.7 Å². The van der Waals surface area contributed by atoms with E-state index in [2.05, 4.69) is 15.4 Å². The number of nitrogens with one attached hydrogen (secondary N) is 1. The molecular formula is C26H25ClN4O2. The van der Waals surface area contributed by atoms with E-state index in [1.165, 1.54) is 0 Å².